The van der Waals surface area contributed by atoms with Crippen LogP contribution in [0.5, 0.6) is 0 Å². The molecule has 3 rings (SSSR count). The van der Waals surface area contributed by atoms with E-state index in [1.54, 1.807) is 5.56 Å². The van der Waals surface area contributed by atoms with Crippen LogP contribution in [0, 0.1) is 0 Å². The molecule has 0 radical (unpaired) electrons. The second-order valence-corrected chi connectivity index (χ2v) is 4.26. The van der Waals surface area contributed by atoms with Crippen LogP contribution < -0.4 is 5.73 Å². The molecule has 0 saturated heterocycles. The molecular formula is C14H15N. The number of fused-ring (bicyclic) bond motifs is 3. The maximum absolute atomic E-state index is 5.66. The summed E-state index contributed by atoms with van der Waals surface area (Å²) >= 11 is 0. The summed E-state index contributed by atoms with van der Waals surface area (Å²) in [4.78, 5) is 0. The first-order valence-corrected chi connectivity index (χ1v) is 5.62. The summed E-state index contributed by atoms with van der Waals surface area (Å²) in [5, 5.41) is 2.85. The van der Waals surface area contributed by atoms with Gasteiger partial charge in [0.05, 0.1) is 0 Å². The minimum Gasteiger partial charge on any atom is -0.330 e. The Labute approximate surface area is 89.9 Å². The Balaban J connectivity index is 2.31. The fraction of sp³-hybridized carbons (Fsp3) is 0.286. The second kappa shape index (κ2) is 3.35. The van der Waals surface area contributed by atoms with Gasteiger partial charge in [-0.3, -0.25) is 0 Å². The normalized spacial score (nSPS) is 13.7. The van der Waals surface area contributed by atoms with Crippen molar-refractivity contribution in [1.29, 1.82) is 0 Å². The van der Waals surface area contributed by atoms with E-state index in [0.29, 0.717) is 0 Å². The molecule has 0 unspecified atom stereocenters. The second-order valence-electron chi connectivity index (χ2n) is 4.26. The SMILES string of the molecule is NCCc1cc2c(c3ccccc13)CC2. The number of aryl methyl sites for hydroxylation is 2. The monoisotopic (exact) mass is 197 g/mol. The summed E-state index contributed by atoms with van der Waals surface area (Å²) in [7, 11) is 0. The number of nitrogens with two attached hydrogens (primary N) is 1. The van der Waals surface area contributed by atoms with Crippen LogP contribution in [-0.2, 0) is 19.3 Å². The summed E-state index contributed by atoms with van der Waals surface area (Å²) in [5.41, 5.74) is 10.2. The van der Waals surface area contributed by atoms with Crippen LogP contribution in [0.3, 0.4) is 0 Å². The molecule has 1 aliphatic rings. The summed E-state index contributed by atoms with van der Waals surface area (Å²) in [6.45, 7) is 0.739. The average molecular weight is 197 g/mol. The summed E-state index contributed by atoms with van der Waals surface area (Å²) in [5.74, 6) is 0. The van der Waals surface area contributed by atoms with Gasteiger partial charge in [-0.25, -0.2) is 0 Å². The van der Waals surface area contributed by atoms with Crippen LogP contribution in [0.4, 0.5) is 0 Å². The zero-order valence-corrected chi connectivity index (χ0v) is 8.79. The first kappa shape index (κ1) is 8.93. The molecule has 0 aliphatic heterocycles. The Bertz CT molecular complexity index is 514. The van der Waals surface area contributed by atoms with Gasteiger partial charge in [0.2, 0.25) is 0 Å². The van der Waals surface area contributed by atoms with Crippen LogP contribution in [0.1, 0.15) is 16.7 Å². The predicted molar refractivity (Wildman–Crippen MR) is 64.1 cm³/mol. The van der Waals surface area contributed by atoms with Gasteiger partial charge in [-0.2, -0.15) is 0 Å². The molecular weight excluding hydrogens is 182 g/mol. The zero-order valence-electron chi connectivity index (χ0n) is 8.79. The van der Waals surface area contributed by atoms with Crippen molar-refractivity contribution in [1.82, 2.24) is 0 Å². The summed E-state index contributed by atoms with van der Waals surface area (Å²) < 4.78 is 0. The fourth-order valence-electron chi connectivity index (χ4n) is 2.54. The van der Waals surface area contributed by atoms with Gasteiger partial charge in [-0.15, -0.1) is 0 Å². The van der Waals surface area contributed by atoms with Crippen molar-refractivity contribution < 1.29 is 0 Å². The van der Waals surface area contributed by atoms with Crippen LogP contribution in [-0.4, -0.2) is 6.54 Å². The van der Waals surface area contributed by atoms with E-state index < -0.39 is 0 Å². The summed E-state index contributed by atoms with van der Waals surface area (Å²) in [6.07, 6.45) is 3.49. The minimum atomic E-state index is 0.739. The highest BCUT2D eigenvalue weighted by Gasteiger charge is 2.17. The standard InChI is InChI=1S/C14H15N/c15-8-7-11-9-10-5-6-13(10)14-4-2-1-3-12(11)14/h1-4,9H,5-8,15H2. The van der Waals surface area contributed by atoms with Crippen LogP contribution >= 0.6 is 0 Å². The van der Waals surface area contributed by atoms with E-state index in [1.165, 1.54) is 34.7 Å². The van der Waals surface area contributed by atoms with E-state index in [-0.39, 0.29) is 0 Å². The van der Waals surface area contributed by atoms with Gasteiger partial charge in [0, 0.05) is 0 Å². The van der Waals surface area contributed by atoms with Crippen molar-refractivity contribution in [2.45, 2.75) is 19.3 Å². The smallest absolute Gasteiger partial charge is 0.00365 e. The average Bonchev–Trinajstić information content (AvgIpc) is 2.22. The van der Waals surface area contributed by atoms with Gasteiger partial charge < -0.3 is 5.73 Å². The van der Waals surface area contributed by atoms with E-state index >= 15 is 0 Å². The Morgan fingerprint density at radius 3 is 2.53 bits per heavy atom. The molecule has 1 nitrogen and oxygen atoms in total. The molecule has 2 aromatic carbocycles. The van der Waals surface area contributed by atoms with Gasteiger partial charge in [0.25, 0.3) is 0 Å². The van der Waals surface area contributed by atoms with E-state index in [0.717, 1.165) is 13.0 Å². The fourth-order valence-corrected chi connectivity index (χ4v) is 2.54. The van der Waals surface area contributed by atoms with Crippen molar-refractivity contribution in [2.75, 3.05) is 6.54 Å². The molecule has 0 spiro atoms. The molecule has 0 aromatic heterocycles. The third kappa shape index (κ3) is 1.27. The van der Waals surface area contributed by atoms with Crippen molar-refractivity contribution in [3.8, 4) is 0 Å². The van der Waals surface area contributed by atoms with Crippen LogP contribution in [0.25, 0.3) is 10.8 Å². The van der Waals surface area contributed by atoms with Crippen molar-refractivity contribution in [3.05, 3.63) is 47.0 Å². The Kier molecular flexibility index (Phi) is 2.00. The highest BCUT2D eigenvalue weighted by molar-refractivity contribution is 5.91. The molecule has 0 bridgehead atoms. The van der Waals surface area contributed by atoms with Crippen molar-refractivity contribution >= 4 is 10.8 Å². The van der Waals surface area contributed by atoms with Gasteiger partial charge >= 0.3 is 0 Å². The van der Waals surface area contributed by atoms with Crippen LogP contribution in [0.2, 0.25) is 0 Å². The van der Waals surface area contributed by atoms with E-state index in [2.05, 4.69) is 30.3 Å². The highest BCUT2D eigenvalue weighted by atomic mass is 14.5. The maximum atomic E-state index is 5.66. The molecule has 0 saturated carbocycles. The van der Waals surface area contributed by atoms with E-state index in [4.69, 9.17) is 5.73 Å². The zero-order chi connectivity index (χ0) is 10.3. The first-order chi connectivity index (χ1) is 7.40. The van der Waals surface area contributed by atoms with Gasteiger partial charge in [-0.1, -0.05) is 30.3 Å². The molecule has 15 heavy (non-hydrogen) atoms. The highest BCUT2D eigenvalue weighted by Crippen LogP contribution is 2.33. The molecule has 1 aliphatic carbocycles. The number of hydrogen-bond acceptors (Lipinski definition) is 1. The molecule has 0 heterocycles. The number of hydrogen-bond donors (Lipinski definition) is 1. The van der Waals surface area contributed by atoms with Gasteiger partial charge in [0.15, 0.2) is 0 Å². The maximum Gasteiger partial charge on any atom is -0.00365 e. The molecule has 0 amide bonds. The van der Waals surface area contributed by atoms with Crippen molar-refractivity contribution in [2.24, 2.45) is 5.73 Å². The molecule has 76 valence electrons. The van der Waals surface area contributed by atoms with Gasteiger partial charge in [-0.05, 0) is 53.3 Å². The molecule has 0 fully saturated rings. The third-order valence-electron chi connectivity index (χ3n) is 3.39. The largest absolute Gasteiger partial charge is 0.330 e. The van der Waals surface area contributed by atoms with E-state index in [1.807, 2.05) is 0 Å². The van der Waals surface area contributed by atoms with Crippen LogP contribution in [0.15, 0.2) is 30.3 Å². The number of rotatable bonds is 2. The Morgan fingerprint density at radius 2 is 1.87 bits per heavy atom. The summed E-state index contributed by atoms with van der Waals surface area (Å²) in [6, 6.07) is 11.1. The molecule has 2 aromatic rings. The topological polar surface area (TPSA) is 26.0 Å². The lowest BCUT2D eigenvalue weighted by molar-refractivity contribution is 0.844. The molecule has 0 atom stereocenters. The lowest BCUT2D eigenvalue weighted by Gasteiger charge is -2.23. The van der Waals surface area contributed by atoms with E-state index in [9.17, 15) is 0 Å². The Hall–Kier alpha value is -1.34. The third-order valence-corrected chi connectivity index (χ3v) is 3.39. The van der Waals surface area contributed by atoms with Gasteiger partial charge in [0.1, 0.15) is 0 Å². The quantitative estimate of drug-likeness (QED) is 0.786. The predicted octanol–water partition coefficient (Wildman–Crippen LogP) is 2.44. The molecule has 1 heteroatoms. The lowest BCUT2D eigenvalue weighted by Crippen LogP contribution is -2.12. The lowest BCUT2D eigenvalue weighted by atomic mass is 9.82. The minimum absolute atomic E-state index is 0.739. The first-order valence-electron chi connectivity index (χ1n) is 5.62. The number of benzene rings is 2. The van der Waals surface area contributed by atoms with Crippen molar-refractivity contribution in [3.63, 3.8) is 0 Å². The molecule has 2 N–H and O–H groups in total. The Morgan fingerprint density at radius 1 is 1.07 bits per heavy atom.